The molecule has 152 valence electrons. The van der Waals surface area contributed by atoms with Crippen molar-refractivity contribution in [1.82, 2.24) is 5.32 Å². The number of benzene rings is 2. The number of carbonyl (C=O) groups is 1. The lowest BCUT2D eigenvalue weighted by Gasteiger charge is -2.11. The minimum absolute atomic E-state index is 0.179. The fourth-order valence-electron chi connectivity index (χ4n) is 2.63. The van der Waals surface area contributed by atoms with E-state index in [-0.39, 0.29) is 5.91 Å². The van der Waals surface area contributed by atoms with Gasteiger partial charge in [0.25, 0.3) is 5.91 Å². The number of hydrogen-bond acceptors (Lipinski definition) is 6. The number of amides is 1. The topological polar surface area (TPSA) is 56.8 Å². The summed E-state index contributed by atoms with van der Waals surface area (Å²) in [5.74, 6) is 1.37. The number of para-hydroxylation sites is 1. The summed E-state index contributed by atoms with van der Waals surface area (Å²) < 4.78 is 17.6. The monoisotopic (exact) mass is 429 g/mol. The molecule has 5 nitrogen and oxygen atoms in total. The van der Waals surface area contributed by atoms with Gasteiger partial charge in [-0.15, -0.1) is 0 Å². The smallest absolute Gasteiger partial charge is 0.263 e. The number of rotatable bonds is 9. The fourth-order valence-corrected chi connectivity index (χ4v) is 3.66. The molecule has 1 aliphatic rings. The van der Waals surface area contributed by atoms with Crippen LogP contribution in [0.2, 0.25) is 0 Å². The first-order valence-electron chi connectivity index (χ1n) is 9.27. The van der Waals surface area contributed by atoms with Crippen LogP contribution < -0.4 is 14.8 Å². The second kappa shape index (κ2) is 10.4. The molecule has 0 bridgehead atoms. The lowest BCUT2D eigenvalue weighted by Crippen LogP contribution is -2.17. The number of carbonyl (C=O) groups excluding carboxylic acids is 1. The lowest BCUT2D eigenvalue weighted by molar-refractivity contribution is -0.115. The van der Waals surface area contributed by atoms with Gasteiger partial charge in [-0.1, -0.05) is 48.2 Å². The third-order valence-corrected chi connectivity index (χ3v) is 5.47. The van der Waals surface area contributed by atoms with Gasteiger partial charge < -0.3 is 19.5 Å². The maximum Gasteiger partial charge on any atom is 0.263 e. The molecule has 2 aromatic carbocycles. The Morgan fingerprint density at radius 2 is 1.76 bits per heavy atom. The van der Waals surface area contributed by atoms with Crippen molar-refractivity contribution in [2.24, 2.45) is 0 Å². The zero-order valence-electron chi connectivity index (χ0n) is 16.4. The molecule has 3 rings (SSSR count). The minimum Gasteiger partial charge on any atom is -0.491 e. The van der Waals surface area contributed by atoms with Gasteiger partial charge in [-0.3, -0.25) is 4.79 Å². The Morgan fingerprint density at radius 1 is 1.00 bits per heavy atom. The van der Waals surface area contributed by atoms with E-state index in [2.05, 4.69) is 19.2 Å². The Bertz CT molecular complexity index is 927. The normalized spacial score (nSPS) is 14.9. The molecule has 1 N–H and O–H groups in total. The van der Waals surface area contributed by atoms with Crippen LogP contribution in [0, 0.1) is 13.8 Å². The van der Waals surface area contributed by atoms with E-state index in [0.717, 1.165) is 11.3 Å². The second-order valence-electron chi connectivity index (χ2n) is 6.45. The van der Waals surface area contributed by atoms with Crippen molar-refractivity contribution in [3.05, 3.63) is 64.1 Å². The van der Waals surface area contributed by atoms with E-state index in [1.165, 1.54) is 22.9 Å². The number of hydrogen-bond donors (Lipinski definition) is 1. The standard InChI is InChI=1S/C22H23NO4S2/c1-15-7-8-18(13-16(15)2)26-11-9-25-10-12-27-19-6-4-3-5-17(19)14-20-21(24)23-22(28)29-20/h3-8,13-14H,9-12H2,1-2H3,(H,23,24,28). The molecule has 0 saturated carbocycles. The number of aryl methyl sites for hydroxylation is 2. The molecule has 1 amide bonds. The summed E-state index contributed by atoms with van der Waals surface area (Å²) in [5.41, 5.74) is 3.28. The second-order valence-corrected chi connectivity index (χ2v) is 8.16. The first kappa shape index (κ1) is 21.4. The molecular formula is C22H23NO4S2. The van der Waals surface area contributed by atoms with Gasteiger partial charge in [-0.2, -0.15) is 0 Å². The van der Waals surface area contributed by atoms with Gasteiger partial charge in [0.15, 0.2) is 0 Å². The van der Waals surface area contributed by atoms with E-state index >= 15 is 0 Å². The number of nitrogens with one attached hydrogen (secondary N) is 1. The average molecular weight is 430 g/mol. The van der Waals surface area contributed by atoms with E-state index in [1.807, 2.05) is 42.5 Å². The van der Waals surface area contributed by atoms with Gasteiger partial charge in [0.1, 0.15) is 29.0 Å². The number of thiocarbonyl (C=S) groups is 1. The lowest BCUT2D eigenvalue weighted by atomic mass is 10.1. The zero-order valence-corrected chi connectivity index (χ0v) is 18.0. The maximum absolute atomic E-state index is 11.8. The summed E-state index contributed by atoms with van der Waals surface area (Å²) in [7, 11) is 0. The van der Waals surface area contributed by atoms with Crippen molar-refractivity contribution in [3.63, 3.8) is 0 Å². The summed E-state index contributed by atoms with van der Waals surface area (Å²) in [4.78, 5) is 12.4. The van der Waals surface area contributed by atoms with Gasteiger partial charge >= 0.3 is 0 Å². The van der Waals surface area contributed by atoms with Crippen molar-refractivity contribution in [3.8, 4) is 11.5 Å². The molecule has 1 aliphatic heterocycles. The Hall–Kier alpha value is -2.35. The largest absolute Gasteiger partial charge is 0.491 e. The van der Waals surface area contributed by atoms with Crippen LogP contribution in [0.15, 0.2) is 47.4 Å². The van der Waals surface area contributed by atoms with Gasteiger partial charge in [0.05, 0.1) is 18.1 Å². The van der Waals surface area contributed by atoms with Crippen LogP contribution in [-0.4, -0.2) is 36.7 Å². The molecule has 0 radical (unpaired) electrons. The molecule has 7 heteroatoms. The van der Waals surface area contributed by atoms with Crippen molar-refractivity contribution in [1.29, 1.82) is 0 Å². The average Bonchev–Trinajstić information content (AvgIpc) is 3.02. The predicted octanol–water partition coefficient (Wildman–Crippen LogP) is 4.27. The third kappa shape index (κ3) is 6.32. The van der Waals surface area contributed by atoms with E-state index in [9.17, 15) is 4.79 Å². The van der Waals surface area contributed by atoms with Crippen molar-refractivity contribution in [2.45, 2.75) is 13.8 Å². The zero-order chi connectivity index (χ0) is 20.6. The molecule has 0 spiro atoms. The molecule has 1 heterocycles. The van der Waals surface area contributed by atoms with Crippen molar-refractivity contribution in [2.75, 3.05) is 26.4 Å². The van der Waals surface area contributed by atoms with Crippen LogP contribution in [0.3, 0.4) is 0 Å². The number of ether oxygens (including phenoxy) is 3. The van der Waals surface area contributed by atoms with Crippen molar-refractivity contribution >= 4 is 40.3 Å². The molecule has 0 aromatic heterocycles. The Morgan fingerprint density at radius 3 is 2.48 bits per heavy atom. The van der Waals surface area contributed by atoms with E-state index < -0.39 is 0 Å². The molecule has 1 fully saturated rings. The van der Waals surface area contributed by atoms with Gasteiger partial charge in [0.2, 0.25) is 0 Å². The molecular weight excluding hydrogens is 406 g/mol. The van der Waals surface area contributed by atoms with Gasteiger partial charge in [0, 0.05) is 5.56 Å². The SMILES string of the molecule is Cc1ccc(OCCOCCOc2ccccc2C=C2SC(=S)NC2=O)cc1C. The molecule has 0 unspecified atom stereocenters. The summed E-state index contributed by atoms with van der Waals surface area (Å²) in [6.45, 7) is 5.96. The molecule has 2 aromatic rings. The van der Waals surface area contributed by atoms with Crippen LogP contribution in [-0.2, 0) is 9.53 Å². The highest BCUT2D eigenvalue weighted by molar-refractivity contribution is 8.26. The van der Waals surface area contributed by atoms with Crippen LogP contribution in [0.25, 0.3) is 6.08 Å². The first-order chi connectivity index (χ1) is 14.0. The Labute approximate surface area is 180 Å². The number of thioether (sulfide) groups is 1. The van der Waals surface area contributed by atoms with Crippen LogP contribution >= 0.6 is 24.0 Å². The van der Waals surface area contributed by atoms with Crippen LogP contribution in [0.5, 0.6) is 11.5 Å². The van der Waals surface area contributed by atoms with E-state index in [0.29, 0.717) is 41.4 Å². The quantitative estimate of drug-likeness (QED) is 0.365. The fraction of sp³-hybridized carbons (Fsp3) is 0.273. The minimum atomic E-state index is -0.179. The van der Waals surface area contributed by atoms with Crippen LogP contribution in [0.1, 0.15) is 16.7 Å². The third-order valence-electron chi connectivity index (χ3n) is 4.31. The van der Waals surface area contributed by atoms with Gasteiger partial charge in [-0.05, 0) is 49.2 Å². The maximum atomic E-state index is 11.8. The van der Waals surface area contributed by atoms with Gasteiger partial charge in [-0.25, -0.2) is 0 Å². The Balaban J connectivity index is 1.41. The van der Waals surface area contributed by atoms with Crippen LogP contribution in [0.4, 0.5) is 0 Å². The molecule has 0 aliphatic carbocycles. The highest BCUT2D eigenvalue weighted by Crippen LogP contribution is 2.29. The summed E-state index contributed by atoms with van der Waals surface area (Å²) in [6.07, 6.45) is 1.78. The molecule has 0 atom stereocenters. The molecule has 1 saturated heterocycles. The predicted molar refractivity (Wildman–Crippen MR) is 120 cm³/mol. The van der Waals surface area contributed by atoms with E-state index in [4.69, 9.17) is 26.4 Å². The summed E-state index contributed by atoms with van der Waals surface area (Å²) in [6, 6.07) is 13.6. The highest BCUT2D eigenvalue weighted by Gasteiger charge is 2.22. The highest BCUT2D eigenvalue weighted by atomic mass is 32.2. The summed E-state index contributed by atoms with van der Waals surface area (Å²) >= 11 is 6.27. The van der Waals surface area contributed by atoms with Crippen molar-refractivity contribution < 1.29 is 19.0 Å². The molecule has 29 heavy (non-hydrogen) atoms. The summed E-state index contributed by atoms with van der Waals surface area (Å²) in [5, 5.41) is 2.61. The van der Waals surface area contributed by atoms with E-state index in [1.54, 1.807) is 6.08 Å². The Kier molecular flexibility index (Phi) is 7.69. The first-order valence-corrected chi connectivity index (χ1v) is 10.5.